The molecule has 0 spiro atoms. The minimum absolute atomic E-state index is 0.0359. The van der Waals surface area contributed by atoms with Gasteiger partial charge in [-0.2, -0.15) is 35.3 Å². The number of nitrogens with one attached hydrogen (secondary N) is 5. The summed E-state index contributed by atoms with van der Waals surface area (Å²) in [5, 5.41) is 15.3. The minimum Gasteiger partial charge on any atom is -0.446 e. The highest BCUT2D eigenvalue weighted by molar-refractivity contribution is 8.00. The van der Waals surface area contributed by atoms with Gasteiger partial charge in [0.25, 0.3) is 0 Å². The second-order valence-corrected chi connectivity index (χ2v) is 36.0. The van der Waals surface area contributed by atoms with E-state index in [-0.39, 0.29) is 77.4 Å². The second kappa shape index (κ2) is 36.4. The molecule has 9 atom stereocenters. The van der Waals surface area contributed by atoms with Gasteiger partial charge in [0, 0.05) is 103 Å². The quantitative estimate of drug-likeness (QED) is 0.0981. The molecule has 29 nitrogen and oxygen atoms in total. The van der Waals surface area contributed by atoms with Gasteiger partial charge in [0.2, 0.25) is 29.5 Å². The molecule has 0 radical (unpaired) electrons. The number of likely N-dealkylation sites (N-methyl/N-ethyl adjacent to an activating group) is 5. The van der Waals surface area contributed by atoms with Crippen LogP contribution in [0.5, 0.6) is 0 Å². The molecule has 5 saturated heterocycles. The van der Waals surface area contributed by atoms with Gasteiger partial charge in [-0.1, -0.05) is 6.42 Å². The van der Waals surface area contributed by atoms with E-state index < -0.39 is 37.0 Å². The van der Waals surface area contributed by atoms with Gasteiger partial charge in [0.05, 0.1) is 51.0 Å². The number of carbonyl (C=O) groups is 5. The molecule has 10 aliphatic heterocycles. The van der Waals surface area contributed by atoms with E-state index in [4.69, 9.17) is 22.1 Å². The number of oxazole rings is 5. The molecule has 0 saturated carbocycles. The lowest BCUT2D eigenvalue weighted by Crippen LogP contribution is -2.43. The Hall–Kier alpha value is -5.85. The van der Waals surface area contributed by atoms with Crippen molar-refractivity contribution in [3.8, 4) is 0 Å². The van der Waals surface area contributed by atoms with Crippen LogP contribution in [0.2, 0.25) is 0 Å². The van der Waals surface area contributed by atoms with Crippen molar-refractivity contribution in [1.82, 2.24) is 76.0 Å². The summed E-state index contributed by atoms with van der Waals surface area (Å²) in [6.07, 6.45) is 21.4. The van der Waals surface area contributed by atoms with Crippen LogP contribution in [-0.2, 0) is 75.8 Å². The molecule has 5 fully saturated rings. The topological polar surface area (TPSA) is 360 Å². The molecule has 562 valence electrons. The molecule has 0 bridgehead atoms. The maximum atomic E-state index is 12.7. The van der Waals surface area contributed by atoms with Crippen LogP contribution in [0.1, 0.15) is 152 Å². The highest BCUT2D eigenvalue weighted by atomic mass is 32.2. The van der Waals surface area contributed by atoms with Gasteiger partial charge < -0.3 is 73.2 Å². The molecule has 10 aliphatic rings. The highest BCUT2D eigenvalue weighted by Gasteiger charge is 2.42. The van der Waals surface area contributed by atoms with Crippen LogP contribution in [0, 0.1) is 17.8 Å². The fourth-order valence-electron chi connectivity index (χ4n) is 15.2. The fourth-order valence-corrected chi connectivity index (χ4v) is 22.6. The highest BCUT2D eigenvalue weighted by Crippen LogP contribution is 2.34. The van der Waals surface area contributed by atoms with Crippen LogP contribution < -0.4 is 26.6 Å². The van der Waals surface area contributed by atoms with Gasteiger partial charge in [-0.05, 0) is 140 Å². The summed E-state index contributed by atoms with van der Waals surface area (Å²) in [6, 6.07) is -2.28. The predicted octanol–water partition coefficient (Wildman–Crippen LogP) is 4.18. The van der Waals surface area contributed by atoms with Gasteiger partial charge in [-0.15, -0.1) is 0 Å². The Morgan fingerprint density at radius 3 is 1.14 bits per heavy atom. The van der Waals surface area contributed by atoms with E-state index in [0.29, 0.717) is 97.6 Å². The third-order valence-corrected chi connectivity index (χ3v) is 28.8. The average Bonchev–Trinajstić information content (AvgIpc) is 1.68. The molecule has 15 heterocycles. The largest absolute Gasteiger partial charge is 0.446 e. The Labute approximate surface area is 610 Å². The third kappa shape index (κ3) is 19.0. The van der Waals surface area contributed by atoms with E-state index >= 15 is 0 Å². The molecule has 9 unspecified atom stereocenters. The van der Waals surface area contributed by atoms with E-state index in [2.05, 4.69) is 51.5 Å². The molecular formula is C68H101N15O14S5. The summed E-state index contributed by atoms with van der Waals surface area (Å²) >= 11 is 6.04. The zero-order chi connectivity index (χ0) is 71.9. The maximum Gasteiger partial charge on any atom is 0.247 e. The lowest BCUT2D eigenvalue weighted by atomic mass is 10.0. The molecule has 0 aromatic carbocycles. The van der Waals surface area contributed by atoms with Gasteiger partial charge in [-0.25, -0.2) is 41.8 Å². The van der Waals surface area contributed by atoms with Crippen LogP contribution in [-0.4, -0.2) is 253 Å². The number of fused-ring (bicyclic) bond motifs is 5. The predicted molar refractivity (Wildman–Crippen MR) is 387 cm³/mol. The van der Waals surface area contributed by atoms with Crippen LogP contribution in [0.25, 0.3) is 0 Å². The van der Waals surface area contributed by atoms with E-state index in [9.17, 15) is 40.8 Å². The first-order valence-electron chi connectivity index (χ1n) is 36.0. The lowest BCUT2D eigenvalue weighted by Gasteiger charge is -2.30. The molecule has 5 aromatic rings. The lowest BCUT2D eigenvalue weighted by molar-refractivity contribution is -0.135. The van der Waals surface area contributed by atoms with E-state index in [1.807, 2.05) is 50.0 Å². The summed E-state index contributed by atoms with van der Waals surface area (Å²) in [6.45, 7) is 6.62. The van der Waals surface area contributed by atoms with Gasteiger partial charge in [0.15, 0.2) is 80.4 Å². The van der Waals surface area contributed by atoms with Crippen molar-refractivity contribution >= 4 is 84.5 Å². The number of sulfone groups is 2. The summed E-state index contributed by atoms with van der Waals surface area (Å²) in [5.74, 6) is 11.4. The van der Waals surface area contributed by atoms with Crippen LogP contribution in [0.4, 0.5) is 0 Å². The Kier molecular flexibility index (Phi) is 27.6. The van der Waals surface area contributed by atoms with E-state index in [0.717, 1.165) is 87.0 Å². The summed E-state index contributed by atoms with van der Waals surface area (Å²) in [5.41, 5.74) is 4.30. The number of rotatable bonds is 15. The van der Waals surface area contributed by atoms with Gasteiger partial charge in [-0.3, -0.25) is 24.0 Å². The van der Waals surface area contributed by atoms with Crippen molar-refractivity contribution in [2.45, 2.75) is 137 Å². The normalized spacial score (nSPS) is 27.2. The molecule has 34 heteroatoms. The molecular weight excluding hydrogens is 1410 g/mol. The summed E-state index contributed by atoms with van der Waals surface area (Å²) < 4.78 is 74.0. The number of carbonyl (C=O) groups excluding carboxylic acids is 5. The number of nitrogens with zero attached hydrogens (tertiary/aromatic N) is 10. The smallest absolute Gasteiger partial charge is 0.247 e. The third-order valence-electron chi connectivity index (χ3n) is 20.9. The van der Waals surface area contributed by atoms with Crippen LogP contribution in [0.3, 0.4) is 0 Å². The zero-order valence-corrected chi connectivity index (χ0v) is 63.3. The number of thioether (sulfide) groups is 3. The average molecular weight is 1510 g/mol. The Balaban J connectivity index is 0.000000128. The van der Waals surface area contributed by atoms with Crippen molar-refractivity contribution in [2.75, 3.05) is 147 Å². The summed E-state index contributed by atoms with van der Waals surface area (Å²) in [4.78, 5) is 93.6. The molecule has 5 amide bonds. The first-order chi connectivity index (χ1) is 49.4. The molecule has 5 N–H and O–H groups in total. The summed E-state index contributed by atoms with van der Waals surface area (Å²) in [7, 11) is 2.82. The Morgan fingerprint density at radius 1 is 0.402 bits per heavy atom. The maximum absolute atomic E-state index is 12.7. The number of amides is 5. The first kappa shape index (κ1) is 77.3. The molecule has 15 rings (SSSR count). The number of hydrogen-bond acceptors (Lipinski definition) is 27. The van der Waals surface area contributed by atoms with Crippen molar-refractivity contribution in [1.29, 1.82) is 0 Å². The Morgan fingerprint density at radius 2 is 0.794 bits per heavy atom. The second-order valence-electron chi connectivity index (χ2n) is 27.6. The number of aromatic nitrogens is 5. The molecule has 0 aliphatic carbocycles. The number of hydrogen-bond donors (Lipinski definition) is 5. The molecule has 5 aromatic heterocycles. The minimum atomic E-state index is -3.05. The van der Waals surface area contributed by atoms with Gasteiger partial charge >= 0.3 is 0 Å². The van der Waals surface area contributed by atoms with E-state index in [1.165, 1.54) is 106 Å². The van der Waals surface area contributed by atoms with Crippen LogP contribution >= 0.6 is 35.3 Å². The standard InChI is InChI=1S/3C14H21N3O2S.2C13H19N3O4S/c1-15-12-13-11(16-9-19-13)2-5-17(14(12)18)8-10-3-6-20-7-4-10;1-15-12-13-11(16-9-19-13)4-5-17(14(12)18)7-10-3-2-6-20-8-10;1-15-12-13-11(16-9-19-13)5-6-17(14(12)18)8-10-4-2-3-7-20-10;1-14-11-12-10(15-8-20-12)2-4-16(13(11)17)6-9-3-5-21(18,19)7-9;1-14-11-12-10(15-8-20-12)4-5-16(13(11)17)7-9-3-2-6-21(9,18)19/h3*9-10,12,15H,2-8H2,1H3;2*8-9,11,14H,2-7H2,1H3. The Bertz CT molecular complexity index is 3600. The molecule has 102 heavy (non-hydrogen) atoms. The van der Waals surface area contributed by atoms with Crippen molar-refractivity contribution in [2.24, 2.45) is 17.8 Å². The van der Waals surface area contributed by atoms with Crippen molar-refractivity contribution < 1.29 is 62.9 Å². The van der Waals surface area contributed by atoms with Crippen molar-refractivity contribution in [3.05, 3.63) is 89.2 Å². The van der Waals surface area contributed by atoms with Crippen molar-refractivity contribution in [3.63, 3.8) is 0 Å². The van der Waals surface area contributed by atoms with E-state index in [1.54, 1.807) is 45.0 Å². The fraction of sp³-hybridized carbons (Fsp3) is 0.706. The first-order valence-corrected chi connectivity index (χ1v) is 42.9. The van der Waals surface area contributed by atoms with Crippen LogP contribution in [0.15, 0.2) is 54.1 Å². The SMILES string of the molecule is CNC1C(=O)N(CC2CCCCS2)CCc2ncoc21.CNC1C(=O)N(CC2CCCS2(=O)=O)CCc2ncoc21.CNC1C(=O)N(CC2CCCSC2)CCc2ncoc21.CNC1C(=O)N(CC2CCS(=O)(=O)C2)CCc2ncoc21.CNC1C(=O)N(CC2CCSCC2)CCc2ncoc21. The zero-order valence-electron chi connectivity index (χ0n) is 59.2. The monoisotopic (exact) mass is 1510 g/mol. The van der Waals surface area contributed by atoms with Gasteiger partial charge in [0.1, 0.15) is 30.2 Å².